The second-order valence-electron chi connectivity index (χ2n) is 9.42. The van der Waals surface area contributed by atoms with Gasteiger partial charge in [-0.25, -0.2) is 4.79 Å². The van der Waals surface area contributed by atoms with Gasteiger partial charge in [-0.15, -0.1) is 0 Å². The Morgan fingerprint density at radius 3 is 2.38 bits per heavy atom. The molecule has 0 saturated carbocycles. The van der Waals surface area contributed by atoms with Crippen LogP contribution in [0.25, 0.3) is 6.08 Å². The van der Waals surface area contributed by atoms with Gasteiger partial charge in [0.1, 0.15) is 34.3 Å². The number of fused-ring (bicyclic) bond motifs is 2. The molecule has 1 N–H and O–H groups in total. The quantitative estimate of drug-likeness (QED) is 0.438. The number of phenols is 1. The normalized spacial score (nSPS) is 20.7. The van der Waals surface area contributed by atoms with Crippen LogP contribution in [0.4, 0.5) is 0 Å². The lowest BCUT2D eigenvalue weighted by Gasteiger charge is -2.28. The molecule has 8 heteroatoms. The van der Waals surface area contributed by atoms with E-state index in [0.29, 0.717) is 66.7 Å². The Morgan fingerprint density at radius 1 is 0.973 bits per heavy atom. The second-order valence-corrected chi connectivity index (χ2v) is 9.42. The Morgan fingerprint density at radius 2 is 1.68 bits per heavy atom. The minimum Gasteiger partial charge on any atom is -0.507 e. The molecular formula is C29H32O8. The van der Waals surface area contributed by atoms with Crippen molar-refractivity contribution in [2.24, 2.45) is 0 Å². The van der Waals surface area contributed by atoms with E-state index in [0.717, 1.165) is 0 Å². The highest BCUT2D eigenvalue weighted by Crippen LogP contribution is 2.48. The topological polar surface area (TPSA) is 108 Å². The van der Waals surface area contributed by atoms with Gasteiger partial charge in [-0.05, 0) is 61.9 Å². The molecule has 0 amide bonds. The molecule has 2 atom stereocenters. The molecule has 0 spiro atoms. The number of benzene rings is 2. The molecular weight excluding hydrogens is 476 g/mol. The molecule has 0 aromatic heterocycles. The molecule has 2 aliphatic rings. The summed E-state index contributed by atoms with van der Waals surface area (Å²) in [5.41, 5.74) is 1.41. The first-order valence-electron chi connectivity index (χ1n) is 12.5. The van der Waals surface area contributed by atoms with Gasteiger partial charge in [0.2, 0.25) is 0 Å². The standard InChI is InChI=1S/C29H32O8/c1-17-8-7-11-20(30)10-6-4-5-9-18-14-24-27(28(32)26(18)29(33)36-17)23(16-25(31)37-24)19-12-21(34-2)15-22(13-19)35-3/h5,9,12-15,17,23,32H,4,6-8,10-11,16H2,1-3H3/t17-,23-/m1/s1. The van der Waals surface area contributed by atoms with Crippen molar-refractivity contribution in [3.05, 3.63) is 52.6 Å². The number of methoxy groups -OCH3 is 2. The van der Waals surface area contributed by atoms with Crippen LogP contribution >= 0.6 is 0 Å². The third kappa shape index (κ3) is 5.96. The van der Waals surface area contributed by atoms with Crippen LogP contribution in [0.15, 0.2) is 30.3 Å². The van der Waals surface area contributed by atoms with Gasteiger partial charge in [-0.3, -0.25) is 9.59 Å². The molecule has 37 heavy (non-hydrogen) atoms. The Balaban J connectivity index is 1.84. The summed E-state index contributed by atoms with van der Waals surface area (Å²) in [5.74, 6) is -0.573. The Kier molecular flexibility index (Phi) is 8.16. The van der Waals surface area contributed by atoms with Crippen LogP contribution in [0.1, 0.15) is 84.8 Å². The van der Waals surface area contributed by atoms with Gasteiger partial charge in [0, 0.05) is 30.4 Å². The minimum atomic E-state index is -0.672. The van der Waals surface area contributed by atoms with Gasteiger partial charge in [-0.1, -0.05) is 12.2 Å². The summed E-state index contributed by atoms with van der Waals surface area (Å²) < 4.78 is 22.0. The van der Waals surface area contributed by atoms with Crippen LogP contribution in [-0.4, -0.2) is 43.2 Å². The Labute approximate surface area is 216 Å². The molecule has 0 fully saturated rings. The van der Waals surface area contributed by atoms with Gasteiger partial charge in [0.25, 0.3) is 0 Å². The van der Waals surface area contributed by atoms with Crippen molar-refractivity contribution in [3.8, 4) is 23.0 Å². The van der Waals surface area contributed by atoms with E-state index in [9.17, 15) is 19.5 Å². The van der Waals surface area contributed by atoms with Crippen LogP contribution in [0.3, 0.4) is 0 Å². The van der Waals surface area contributed by atoms with Gasteiger partial charge in [-0.2, -0.15) is 0 Å². The van der Waals surface area contributed by atoms with E-state index < -0.39 is 24.0 Å². The smallest absolute Gasteiger partial charge is 0.342 e. The number of aromatic hydroxyl groups is 1. The molecule has 2 aliphatic heterocycles. The van der Waals surface area contributed by atoms with Gasteiger partial charge >= 0.3 is 11.9 Å². The van der Waals surface area contributed by atoms with Gasteiger partial charge in [0.15, 0.2) is 0 Å². The Bertz CT molecular complexity index is 1210. The minimum absolute atomic E-state index is 0.0211. The van der Waals surface area contributed by atoms with Crippen molar-refractivity contribution in [3.63, 3.8) is 0 Å². The lowest BCUT2D eigenvalue weighted by atomic mass is 9.83. The molecule has 0 unspecified atom stereocenters. The summed E-state index contributed by atoms with van der Waals surface area (Å²) in [7, 11) is 3.06. The number of esters is 2. The van der Waals surface area contributed by atoms with E-state index >= 15 is 0 Å². The summed E-state index contributed by atoms with van der Waals surface area (Å²) in [6.07, 6.45) is 6.50. The fraction of sp³-hybridized carbons (Fsp3) is 0.414. The SMILES string of the molecule is COc1cc(OC)cc([C@H]2CC(=O)Oc3cc4c(c(O)c32)C(=O)O[C@H](C)CCCC(=O)CCCC=C4)c1. The summed E-state index contributed by atoms with van der Waals surface area (Å²) in [5, 5.41) is 11.5. The highest BCUT2D eigenvalue weighted by Gasteiger charge is 2.36. The van der Waals surface area contributed by atoms with Crippen LogP contribution < -0.4 is 14.2 Å². The monoisotopic (exact) mass is 508 g/mol. The van der Waals surface area contributed by atoms with E-state index in [-0.39, 0.29) is 29.3 Å². The second kappa shape index (κ2) is 11.5. The van der Waals surface area contributed by atoms with Crippen LogP contribution in [0.2, 0.25) is 0 Å². The molecule has 2 aromatic rings. The maximum absolute atomic E-state index is 13.3. The molecule has 4 rings (SSSR count). The zero-order valence-corrected chi connectivity index (χ0v) is 21.4. The number of carbonyl (C=O) groups excluding carboxylic acids is 3. The number of carbonyl (C=O) groups is 3. The number of hydrogen-bond donors (Lipinski definition) is 1. The van der Waals surface area contributed by atoms with Crippen molar-refractivity contribution in [2.75, 3.05) is 14.2 Å². The zero-order valence-electron chi connectivity index (χ0n) is 21.4. The molecule has 2 heterocycles. The van der Waals surface area contributed by atoms with Crippen LogP contribution in [-0.2, 0) is 14.3 Å². The first kappa shape index (κ1) is 26.3. The summed E-state index contributed by atoms with van der Waals surface area (Å²) >= 11 is 0. The van der Waals surface area contributed by atoms with E-state index in [4.69, 9.17) is 18.9 Å². The lowest BCUT2D eigenvalue weighted by molar-refractivity contribution is -0.135. The summed E-state index contributed by atoms with van der Waals surface area (Å²) in [4.78, 5) is 38.0. The highest BCUT2D eigenvalue weighted by molar-refractivity contribution is 5.98. The molecule has 2 aromatic carbocycles. The van der Waals surface area contributed by atoms with Crippen LogP contribution in [0.5, 0.6) is 23.0 Å². The van der Waals surface area contributed by atoms with E-state index in [2.05, 4.69) is 0 Å². The fourth-order valence-electron chi connectivity index (χ4n) is 4.83. The van der Waals surface area contributed by atoms with Crippen molar-refractivity contribution in [1.82, 2.24) is 0 Å². The zero-order chi connectivity index (χ0) is 26.5. The fourth-order valence-corrected chi connectivity index (χ4v) is 4.83. The molecule has 0 saturated heterocycles. The van der Waals surface area contributed by atoms with E-state index in [1.165, 1.54) is 14.2 Å². The van der Waals surface area contributed by atoms with Crippen molar-refractivity contribution in [1.29, 1.82) is 0 Å². The van der Waals surface area contributed by atoms with Crippen LogP contribution in [0, 0.1) is 0 Å². The van der Waals surface area contributed by atoms with Gasteiger partial charge in [0.05, 0.1) is 26.7 Å². The highest BCUT2D eigenvalue weighted by atomic mass is 16.5. The number of cyclic esters (lactones) is 1. The maximum Gasteiger partial charge on any atom is 0.342 e. The number of ether oxygens (including phenoxy) is 4. The molecule has 8 nitrogen and oxygen atoms in total. The average Bonchev–Trinajstić information content (AvgIpc) is 2.86. The average molecular weight is 509 g/mol. The number of allylic oxidation sites excluding steroid dienone is 1. The third-order valence-electron chi connectivity index (χ3n) is 6.75. The third-order valence-corrected chi connectivity index (χ3v) is 6.75. The lowest BCUT2D eigenvalue weighted by Crippen LogP contribution is -2.23. The van der Waals surface area contributed by atoms with E-state index in [1.54, 1.807) is 37.3 Å². The number of hydrogen-bond acceptors (Lipinski definition) is 8. The predicted octanol–water partition coefficient (Wildman–Crippen LogP) is 5.33. The summed E-state index contributed by atoms with van der Waals surface area (Å²) in [6.45, 7) is 1.77. The van der Waals surface area contributed by atoms with E-state index in [1.807, 2.05) is 6.08 Å². The first-order chi connectivity index (χ1) is 17.8. The molecule has 0 bridgehead atoms. The summed E-state index contributed by atoms with van der Waals surface area (Å²) in [6, 6.07) is 6.84. The number of Topliss-reactive ketones (excluding diaryl/α,β-unsaturated/α-hetero) is 1. The van der Waals surface area contributed by atoms with Crippen molar-refractivity contribution < 1.29 is 38.4 Å². The Hall–Kier alpha value is -3.81. The molecule has 0 radical (unpaired) electrons. The van der Waals surface area contributed by atoms with Crippen molar-refractivity contribution >= 4 is 23.8 Å². The predicted molar refractivity (Wildman–Crippen MR) is 136 cm³/mol. The number of rotatable bonds is 3. The van der Waals surface area contributed by atoms with Crippen molar-refractivity contribution in [2.45, 2.75) is 63.9 Å². The number of ketones is 1. The first-order valence-corrected chi connectivity index (χ1v) is 12.5. The maximum atomic E-state index is 13.3. The van der Waals surface area contributed by atoms with Gasteiger partial charge < -0.3 is 24.1 Å². The molecule has 0 aliphatic carbocycles. The largest absolute Gasteiger partial charge is 0.507 e. The number of phenolic OH excluding ortho intramolecular Hbond substituents is 1. The molecule has 196 valence electrons.